The molecule has 0 bridgehead atoms. The highest BCUT2D eigenvalue weighted by atomic mass is 16.2. The minimum Gasteiger partial charge on any atom is -0.341 e. The topological polar surface area (TPSA) is 46.3 Å². The molecule has 1 saturated carbocycles. The summed E-state index contributed by atoms with van der Waals surface area (Å²) in [5.74, 6) is 0.0998. The van der Waals surface area contributed by atoms with Crippen molar-refractivity contribution in [2.45, 2.75) is 50.6 Å². The third kappa shape index (κ3) is 3.80. The zero-order valence-corrected chi connectivity index (χ0v) is 11.7. The fraction of sp³-hybridized carbons (Fsp3) is 0.562. The number of carbonyl (C=O) groups excluding carboxylic acids is 1. The van der Waals surface area contributed by atoms with E-state index >= 15 is 0 Å². The van der Waals surface area contributed by atoms with Gasteiger partial charge in [-0.3, -0.25) is 4.79 Å². The number of aryl methyl sites for hydroxylation is 1. The Morgan fingerprint density at radius 1 is 1.32 bits per heavy atom. The van der Waals surface area contributed by atoms with Gasteiger partial charge >= 0.3 is 0 Å². The van der Waals surface area contributed by atoms with Gasteiger partial charge in [-0.2, -0.15) is 0 Å². The molecular weight excluding hydrogens is 236 g/mol. The molecule has 0 radical (unpaired) electrons. The lowest BCUT2D eigenvalue weighted by Gasteiger charge is -2.27. The Kier molecular flexibility index (Phi) is 4.97. The molecule has 1 aromatic rings. The van der Waals surface area contributed by atoms with E-state index < -0.39 is 0 Å². The summed E-state index contributed by atoms with van der Waals surface area (Å²) in [5.41, 5.74) is 7.29. The predicted octanol–water partition coefficient (Wildman–Crippen LogP) is 2.35. The number of benzene rings is 1. The van der Waals surface area contributed by atoms with Crippen LogP contribution in [0.15, 0.2) is 30.3 Å². The van der Waals surface area contributed by atoms with Crippen LogP contribution in [0, 0.1) is 0 Å². The van der Waals surface area contributed by atoms with Crippen molar-refractivity contribution in [2.24, 2.45) is 5.73 Å². The lowest BCUT2D eigenvalue weighted by Crippen LogP contribution is -2.45. The molecule has 2 N–H and O–H groups in total. The molecule has 1 fully saturated rings. The van der Waals surface area contributed by atoms with E-state index in [4.69, 9.17) is 5.73 Å². The van der Waals surface area contributed by atoms with Gasteiger partial charge in [-0.25, -0.2) is 0 Å². The number of nitrogens with two attached hydrogens (primary N) is 1. The van der Waals surface area contributed by atoms with E-state index in [0.717, 1.165) is 25.7 Å². The van der Waals surface area contributed by atoms with Crippen LogP contribution in [-0.2, 0) is 11.2 Å². The number of nitrogens with zero attached hydrogens (tertiary/aromatic N) is 1. The van der Waals surface area contributed by atoms with Crippen LogP contribution >= 0.6 is 0 Å². The molecule has 1 unspecified atom stereocenters. The molecule has 0 aliphatic heterocycles. The summed E-state index contributed by atoms with van der Waals surface area (Å²) in [5, 5.41) is 0. The molecule has 1 atom stereocenters. The molecule has 1 aliphatic carbocycles. The molecule has 1 aromatic carbocycles. The summed E-state index contributed by atoms with van der Waals surface area (Å²) in [6.45, 7) is 0. The quantitative estimate of drug-likeness (QED) is 0.883. The van der Waals surface area contributed by atoms with Crippen molar-refractivity contribution >= 4 is 5.91 Å². The number of carbonyl (C=O) groups is 1. The Balaban J connectivity index is 1.81. The van der Waals surface area contributed by atoms with Crippen molar-refractivity contribution in [1.82, 2.24) is 4.90 Å². The highest BCUT2D eigenvalue weighted by Gasteiger charge is 2.26. The lowest BCUT2D eigenvalue weighted by molar-refractivity contribution is -0.133. The summed E-state index contributed by atoms with van der Waals surface area (Å²) >= 11 is 0. The molecule has 3 heteroatoms. The Bertz CT molecular complexity index is 398. The van der Waals surface area contributed by atoms with Gasteiger partial charge in [0.25, 0.3) is 0 Å². The maximum absolute atomic E-state index is 12.3. The summed E-state index contributed by atoms with van der Waals surface area (Å²) in [6, 6.07) is 10.2. The van der Waals surface area contributed by atoms with E-state index in [-0.39, 0.29) is 11.9 Å². The fourth-order valence-corrected chi connectivity index (χ4v) is 2.82. The first-order valence-electron chi connectivity index (χ1n) is 7.24. The van der Waals surface area contributed by atoms with Gasteiger partial charge in [0.1, 0.15) is 0 Å². The monoisotopic (exact) mass is 260 g/mol. The van der Waals surface area contributed by atoms with Crippen molar-refractivity contribution in [3.63, 3.8) is 0 Å². The van der Waals surface area contributed by atoms with E-state index in [0.29, 0.717) is 6.04 Å². The molecule has 19 heavy (non-hydrogen) atoms. The zero-order chi connectivity index (χ0) is 13.7. The van der Waals surface area contributed by atoms with Gasteiger partial charge in [0, 0.05) is 13.1 Å². The first kappa shape index (κ1) is 14.1. The molecule has 0 aromatic heterocycles. The van der Waals surface area contributed by atoms with Crippen LogP contribution in [0.2, 0.25) is 0 Å². The van der Waals surface area contributed by atoms with Gasteiger partial charge in [-0.15, -0.1) is 0 Å². The van der Waals surface area contributed by atoms with Crippen LogP contribution in [0.1, 0.15) is 37.7 Å². The summed E-state index contributed by atoms with van der Waals surface area (Å²) in [6.07, 6.45) is 6.33. The highest BCUT2D eigenvalue weighted by Crippen LogP contribution is 2.23. The largest absolute Gasteiger partial charge is 0.341 e. The van der Waals surface area contributed by atoms with Gasteiger partial charge in [0.15, 0.2) is 0 Å². The molecule has 2 rings (SSSR count). The Labute approximate surface area is 115 Å². The molecule has 3 nitrogen and oxygen atoms in total. The fourth-order valence-electron chi connectivity index (χ4n) is 2.82. The Morgan fingerprint density at radius 2 is 1.95 bits per heavy atom. The molecule has 0 saturated heterocycles. The standard InChI is InChI=1S/C16H24N2O/c1-18(14-9-5-6-10-14)16(19)15(17)12-11-13-7-3-2-4-8-13/h2-4,7-8,14-15H,5-6,9-12,17H2,1H3. The van der Waals surface area contributed by atoms with Gasteiger partial charge < -0.3 is 10.6 Å². The molecule has 1 amide bonds. The van der Waals surface area contributed by atoms with Crippen LogP contribution in [0.25, 0.3) is 0 Å². The summed E-state index contributed by atoms with van der Waals surface area (Å²) in [7, 11) is 1.90. The van der Waals surface area contributed by atoms with Crippen molar-refractivity contribution in [3.8, 4) is 0 Å². The maximum Gasteiger partial charge on any atom is 0.239 e. The molecule has 1 aliphatic rings. The van der Waals surface area contributed by atoms with Crippen molar-refractivity contribution < 1.29 is 4.79 Å². The molecule has 104 valence electrons. The first-order valence-corrected chi connectivity index (χ1v) is 7.24. The number of rotatable bonds is 5. The van der Waals surface area contributed by atoms with Crippen molar-refractivity contribution in [1.29, 1.82) is 0 Å². The van der Waals surface area contributed by atoms with Crippen LogP contribution in [0.5, 0.6) is 0 Å². The number of hydrogen-bond donors (Lipinski definition) is 1. The third-order valence-electron chi connectivity index (χ3n) is 4.12. The van der Waals surface area contributed by atoms with E-state index in [1.165, 1.54) is 18.4 Å². The molecule has 0 heterocycles. The maximum atomic E-state index is 12.3. The average Bonchev–Trinajstić information content (AvgIpc) is 2.98. The van der Waals surface area contributed by atoms with Crippen molar-refractivity contribution in [3.05, 3.63) is 35.9 Å². The Hall–Kier alpha value is -1.35. The predicted molar refractivity (Wildman–Crippen MR) is 77.8 cm³/mol. The molecular formula is C16H24N2O. The van der Waals surface area contributed by atoms with Gasteiger partial charge in [0.05, 0.1) is 6.04 Å². The zero-order valence-electron chi connectivity index (χ0n) is 11.7. The van der Waals surface area contributed by atoms with E-state index in [9.17, 15) is 4.79 Å². The lowest BCUT2D eigenvalue weighted by atomic mass is 10.0. The van der Waals surface area contributed by atoms with E-state index in [1.807, 2.05) is 30.1 Å². The van der Waals surface area contributed by atoms with E-state index in [2.05, 4.69) is 12.1 Å². The number of amides is 1. The average molecular weight is 260 g/mol. The van der Waals surface area contributed by atoms with E-state index in [1.54, 1.807) is 0 Å². The third-order valence-corrected chi connectivity index (χ3v) is 4.12. The minimum absolute atomic E-state index is 0.0998. The van der Waals surface area contributed by atoms with Crippen LogP contribution in [-0.4, -0.2) is 29.9 Å². The van der Waals surface area contributed by atoms with Crippen LogP contribution in [0.3, 0.4) is 0 Å². The minimum atomic E-state index is -0.370. The van der Waals surface area contributed by atoms with Crippen LogP contribution < -0.4 is 5.73 Å². The second kappa shape index (κ2) is 6.71. The molecule has 0 spiro atoms. The Morgan fingerprint density at radius 3 is 2.58 bits per heavy atom. The van der Waals surface area contributed by atoms with Crippen LogP contribution in [0.4, 0.5) is 0 Å². The SMILES string of the molecule is CN(C(=O)C(N)CCc1ccccc1)C1CCCC1. The van der Waals surface area contributed by atoms with Gasteiger partial charge in [-0.05, 0) is 31.2 Å². The number of likely N-dealkylation sites (N-methyl/N-ethyl adjacent to an activating group) is 1. The second-order valence-corrected chi connectivity index (χ2v) is 5.52. The second-order valence-electron chi connectivity index (χ2n) is 5.52. The smallest absolute Gasteiger partial charge is 0.239 e. The summed E-state index contributed by atoms with van der Waals surface area (Å²) in [4.78, 5) is 14.1. The van der Waals surface area contributed by atoms with Gasteiger partial charge in [-0.1, -0.05) is 43.2 Å². The summed E-state index contributed by atoms with van der Waals surface area (Å²) < 4.78 is 0. The van der Waals surface area contributed by atoms with Crippen molar-refractivity contribution in [2.75, 3.05) is 7.05 Å². The first-order chi connectivity index (χ1) is 9.18. The van der Waals surface area contributed by atoms with Gasteiger partial charge in [0.2, 0.25) is 5.91 Å². The normalized spacial score (nSPS) is 17.4. The number of hydrogen-bond acceptors (Lipinski definition) is 2. The highest BCUT2D eigenvalue weighted by molar-refractivity contribution is 5.81.